The molecule has 82 valence electrons. The van der Waals surface area contributed by atoms with E-state index in [4.69, 9.17) is 9.47 Å². The van der Waals surface area contributed by atoms with Gasteiger partial charge in [0.05, 0.1) is 13.2 Å². The first-order chi connectivity index (χ1) is 7.37. The van der Waals surface area contributed by atoms with E-state index < -0.39 is 5.79 Å². The second-order valence-corrected chi connectivity index (χ2v) is 4.40. The van der Waals surface area contributed by atoms with Gasteiger partial charge in [-0.25, -0.2) is 0 Å². The van der Waals surface area contributed by atoms with Crippen molar-refractivity contribution in [2.75, 3.05) is 18.5 Å². The average Bonchev–Trinajstić information content (AvgIpc) is 2.32. The van der Waals surface area contributed by atoms with Crippen LogP contribution in [0.15, 0.2) is 30.3 Å². The van der Waals surface area contributed by atoms with Crippen LogP contribution >= 0.6 is 15.9 Å². The summed E-state index contributed by atoms with van der Waals surface area (Å²) in [6.07, 6.45) is 1.83. The molecule has 1 fully saturated rings. The minimum atomic E-state index is -0.525. The summed E-state index contributed by atoms with van der Waals surface area (Å²) in [6.45, 7) is 1.56. The van der Waals surface area contributed by atoms with Crippen LogP contribution in [0.5, 0.6) is 0 Å². The molecule has 1 aliphatic heterocycles. The van der Waals surface area contributed by atoms with Gasteiger partial charge in [0.1, 0.15) is 0 Å². The maximum absolute atomic E-state index is 5.84. The van der Waals surface area contributed by atoms with Crippen LogP contribution in [0, 0.1) is 0 Å². The molecule has 2 rings (SSSR count). The molecule has 1 heterocycles. The molecule has 0 atom stereocenters. The molecule has 0 N–H and O–H groups in total. The lowest BCUT2D eigenvalue weighted by molar-refractivity contribution is -0.277. The number of hydrogen-bond acceptors (Lipinski definition) is 2. The summed E-state index contributed by atoms with van der Waals surface area (Å²) in [5.41, 5.74) is 1.11. The van der Waals surface area contributed by atoms with Crippen molar-refractivity contribution in [1.29, 1.82) is 0 Å². The smallest absolute Gasteiger partial charge is 0.195 e. The number of halogens is 1. The Kier molecular flexibility index (Phi) is 3.78. The molecule has 0 aliphatic carbocycles. The molecule has 0 aromatic heterocycles. The Morgan fingerprint density at radius 3 is 2.40 bits per heavy atom. The zero-order valence-electron chi connectivity index (χ0n) is 8.62. The highest BCUT2D eigenvalue weighted by molar-refractivity contribution is 9.09. The van der Waals surface area contributed by atoms with E-state index in [1.807, 2.05) is 18.2 Å². The number of benzene rings is 1. The van der Waals surface area contributed by atoms with Crippen molar-refractivity contribution in [3.8, 4) is 0 Å². The van der Waals surface area contributed by atoms with Crippen molar-refractivity contribution >= 4 is 15.9 Å². The highest BCUT2D eigenvalue weighted by atomic mass is 79.9. The molecule has 0 saturated carbocycles. The molecule has 15 heavy (non-hydrogen) atoms. The first-order valence-electron chi connectivity index (χ1n) is 5.27. The van der Waals surface area contributed by atoms with Gasteiger partial charge in [0, 0.05) is 17.3 Å². The Bertz CT molecular complexity index is 288. The van der Waals surface area contributed by atoms with Crippen LogP contribution in [0.4, 0.5) is 0 Å². The molecule has 1 aromatic carbocycles. The third kappa shape index (κ3) is 2.41. The maximum Gasteiger partial charge on any atom is 0.195 e. The molecule has 0 amide bonds. The van der Waals surface area contributed by atoms with E-state index >= 15 is 0 Å². The van der Waals surface area contributed by atoms with Gasteiger partial charge in [0.25, 0.3) is 0 Å². The third-order valence-corrected chi connectivity index (χ3v) is 2.99. The van der Waals surface area contributed by atoms with Crippen molar-refractivity contribution in [3.63, 3.8) is 0 Å². The molecule has 0 radical (unpaired) electrons. The van der Waals surface area contributed by atoms with E-state index in [0.717, 1.165) is 36.9 Å². The molecular weight excluding hydrogens is 256 g/mol. The van der Waals surface area contributed by atoms with Crippen LogP contribution in [0.1, 0.15) is 18.4 Å². The minimum absolute atomic E-state index is 0.525. The fourth-order valence-electron chi connectivity index (χ4n) is 1.85. The van der Waals surface area contributed by atoms with Crippen molar-refractivity contribution in [3.05, 3.63) is 35.9 Å². The summed E-state index contributed by atoms with van der Waals surface area (Å²) in [6, 6.07) is 10.2. The van der Waals surface area contributed by atoms with Crippen molar-refractivity contribution in [2.24, 2.45) is 0 Å². The zero-order chi connectivity index (χ0) is 10.6. The largest absolute Gasteiger partial charge is 0.346 e. The molecule has 0 bridgehead atoms. The predicted molar refractivity (Wildman–Crippen MR) is 63.1 cm³/mol. The van der Waals surface area contributed by atoms with Crippen LogP contribution in [0.25, 0.3) is 0 Å². The summed E-state index contributed by atoms with van der Waals surface area (Å²) in [4.78, 5) is 0. The van der Waals surface area contributed by atoms with Crippen LogP contribution < -0.4 is 0 Å². The molecular formula is C12H15BrO2. The summed E-state index contributed by atoms with van der Waals surface area (Å²) in [5, 5.41) is 0.877. The minimum Gasteiger partial charge on any atom is -0.346 e. The van der Waals surface area contributed by atoms with E-state index in [1.54, 1.807) is 0 Å². The summed E-state index contributed by atoms with van der Waals surface area (Å²) < 4.78 is 11.7. The predicted octanol–water partition coefficient (Wildman–Crippen LogP) is 3.06. The van der Waals surface area contributed by atoms with Gasteiger partial charge < -0.3 is 9.47 Å². The maximum atomic E-state index is 5.84. The first kappa shape index (κ1) is 11.1. The van der Waals surface area contributed by atoms with Crippen molar-refractivity contribution < 1.29 is 9.47 Å². The first-order valence-corrected chi connectivity index (χ1v) is 6.39. The van der Waals surface area contributed by atoms with Gasteiger partial charge in [-0.2, -0.15) is 0 Å². The standard InChI is InChI=1S/C12H15BrO2/c13-8-7-12(14-9-4-10-15-12)11-5-2-1-3-6-11/h1-3,5-6H,4,7-10H2. The van der Waals surface area contributed by atoms with Gasteiger partial charge in [0.2, 0.25) is 0 Å². The lowest BCUT2D eigenvalue weighted by Crippen LogP contribution is -2.38. The fraction of sp³-hybridized carbons (Fsp3) is 0.500. The normalized spacial score (nSPS) is 20.1. The number of ether oxygens (including phenoxy) is 2. The highest BCUT2D eigenvalue weighted by Crippen LogP contribution is 2.34. The van der Waals surface area contributed by atoms with Crippen molar-refractivity contribution in [1.82, 2.24) is 0 Å². The molecule has 1 aliphatic rings. The molecule has 0 spiro atoms. The van der Waals surface area contributed by atoms with Crippen LogP contribution in [0.3, 0.4) is 0 Å². The molecule has 0 unspecified atom stereocenters. The molecule has 1 saturated heterocycles. The Labute approximate surface area is 98.7 Å². The Morgan fingerprint density at radius 1 is 1.13 bits per heavy atom. The van der Waals surface area contributed by atoms with Gasteiger partial charge in [-0.15, -0.1) is 0 Å². The quantitative estimate of drug-likeness (QED) is 0.787. The van der Waals surface area contributed by atoms with Gasteiger partial charge in [0.15, 0.2) is 5.79 Å². The topological polar surface area (TPSA) is 18.5 Å². The van der Waals surface area contributed by atoms with Gasteiger partial charge in [-0.3, -0.25) is 0 Å². The van der Waals surface area contributed by atoms with E-state index in [1.165, 1.54) is 0 Å². The SMILES string of the molecule is BrCCC1(c2ccccc2)OCCCO1. The Morgan fingerprint density at radius 2 is 1.80 bits per heavy atom. The fourth-order valence-corrected chi connectivity index (χ4v) is 2.37. The highest BCUT2D eigenvalue weighted by Gasteiger charge is 2.35. The molecule has 3 heteroatoms. The summed E-state index contributed by atoms with van der Waals surface area (Å²) in [5.74, 6) is -0.525. The van der Waals surface area contributed by atoms with Crippen LogP contribution in [-0.2, 0) is 15.3 Å². The van der Waals surface area contributed by atoms with Gasteiger partial charge >= 0.3 is 0 Å². The molecule has 2 nitrogen and oxygen atoms in total. The zero-order valence-corrected chi connectivity index (χ0v) is 10.2. The van der Waals surface area contributed by atoms with E-state index in [2.05, 4.69) is 28.1 Å². The van der Waals surface area contributed by atoms with E-state index in [-0.39, 0.29) is 0 Å². The lowest BCUT2D eigenvalue weighted by Gasteiger charge is -2.37. The second-order valence-electron chi connectivity index (χ2n) is 3.61. The van der Waals surface area contributed by atoms with Crippen LogP contribution in [-0.4, -0.2) is 18.5 Å². The average molecular weight is 271 g/mol. The second kappa shape index (κ2) is 5.10. The monoisotopic (exact) mass is 270 g/mol. The van der Waals surface area contributed by atoms with Gasteiger partial charge in [-0.1, -0.05) is 46.3 Å². The number of hydrogen-bond donors (Lipinski definition) is 0. The van der Waals surface area contributed by atoms with Crippen molar-refractivity contribution in [2.45, 2.75) is 18.6 Å². The summed E-state index contributed by atoms with van der Waals surface area (Å²) >= 11 is 3.46. The van der Waals surface area contributed by atoms with Crippen LogP contribution in [0.2, 0.25) is 0 Å². The van der Waals surface area contributed by atoms with E-state index in [0.29, 0.717) is 0 Å². The van der Waals surface area contributed by atoms with E-state index in [9.17, 15) is 0 Å². The lowest BCUT2D eigenvalue weighted by atomic mass is 10.0. The Balaban J connectivity index is 2.25. The number of alkyl halides is 1. The summed E-state index contributed by atoms with van der Waals surface area (Å²) in [7, 11) is 0. The third-order valence-electron chi connectivity index (χ3n) is 2.60. The van der Waals surface area contributed by atoms with Gasteiger partial charge in [-0.05, 0) is 6.42 Å². The Hall–Kier alpha value is -0.380. The number of rotatable bonds is 3. The molecule has 1 aromatic rings.